The first-order valence-electron chi connectivity index (χ1n) is 6.09. The summed E-state index contributed by atoms with van der Waals surface area (Å²) in [4.78, 5) is 11.8. The lowest BCUT2D eigenvalue weighted by molar-refractivity contribution is -0.118. The summed E-state index contributed by atoms with van der Waals surface area (Å²) < 4.78 is 0. The molecule has 0 aromatic carbocycles. The van der Waals surface area contributed by atoms with E-state index in [0.29, 0.717) is 5.70 Å². The maximum atomic E-state index is 11.8. The molecular formula is C13H25NO. The third-order valence-corrected chi connectivity index (χ3v) is 2.58. The zero-order valence-corrected chi connectivity index (χ0v) is 10.4. The van der Waals surface area contributed by atoms with Gasteiger partial charge in [0.25, 0.3) is 0 Å². The van der Waals surface area contributed by atoms with Crippen molar-refractivity contribution < 1.29 is 4.79 Å². The Balaban J connectivity index is 4.20. The number of ketones is 1. The highest BCUT2D eigenvalue weighted by molar-refractivity contribution is 5.92. The van der Waals surface area contributed by atoms with Crippen LogP contribution in [0.3, 0.4) is 0 Å². The van der Waals surface area contributed by atoms with Crippen molar-refractivity contribution in [2.24, 2.45) is 11.7 Å². The van der Waals surface area contributed by atoms with Crippen molar-refractivity contribution in [1.82, 2.24) is 0 Å². The Kier molecular flexibility index (Phi) is 8.06. The van der Waals surface area contributed by atoms with Gasteiger partial charge in [-0.05, 0) is 25.8 Å². The second-order valence-electron chi connectivity index (χ2n) is 4.27. The van der Waals surface area contributed by atoms with E-state index in [1.165, 1.54) is 0 Å². The van der Waals surface area contributed by atoms with Crippen molar-refractivity contribution in [2.75, 3.05) is 0 Å². The molecule has 0 aromatic rings. The van der Waals surface area contributed by atoms with E-state index in [-0.39, 0.29) is 11.7 Å². The quantitative estimate of drug-likeness (QED) is 0.625. The smallest absolute Gasteiger partial charge is 0.160 e. The van der Waals surface area contributed by atoms with Crippen molar-refractivity contribution in [3.05, 3.63) is 11.8 Å². The number of nitrogens with two attached hydrogens (primary N) is 1. The molecule has 0 aliphatic carbocycles. The van der Waals surface area contributed by atoms with Crippen LogP contribution in [0, 0.1) is 5.92 Å². The lowest BCUT2D eigenvalue weighted by atomic mass is 9.91. The van der Waals surface area contributed by atoms with E-state index in [0.717, 1.165) is 38.5 Å². The maximum absolute atomic E-state index is 11.8. The van der Waals surface area contributed by atoms with Crippen LogP contribution in [0.2, 0.25) is 0 Å². The van der Waals surface area contributed by atoms with E-state index < -0.39 is 0 Å². The van der Waals surface area contributed by atoms with Gasteiger partial charge >= 0.3 is 0 Å². The van der Waals surface area contributed by atoms with Gasteiger partial charge in [0.2, 0.25) is 0 Å². The molecule has 0 aliphatic heterocycles. The van der Waals surface area contributed by atoms with Gasteiger partial charge in [-0.15, -0.1) is 0 Å². The van der Waals surface area contributed by atoms with Gasteiger partial charge < -0.3 is 5.73 Å². The van der Waals surface area contributed by atoms with E-state index in [1.54, 1.807) is 13.0 Å². The molecule has 0 fully saturated rings. The fraction of sp³-hybridized carbons (Fsp3) is 0.769. The minimum atomic E-state index is 0.198. The Hall–Kier alpha value is -0.790. The van der Waals surface area contributed by atoms with E-state index in [4.69, 9.17) is 5.73 Å². The van der Waals surface area contributed by atoms with E-state index in [2.05, 4.69) is 13.8 Å². The average molecular weight is 211 g/mol. The zero-order chi connectivity index (χ0) is 11.7. The van der Waals surface area contributed by atoms with Gasteiger partial charge in [0.05, 0.1) is 0 Å². The third-order valence-electron chi connectivity index (χ3n) is 2.58. The minimum Gasteiger partial charge on any atom is -0.402 e. The molecule has 0 amide bonds. The summed E-state index contributed by atoms with van der Waals surface area (Å²) in [6.45, 7) is 6.09. The average Bonchev–Trinajstić information content (AvgIpc) is 2.17. The predicted molar refractivity (Wildman–Crippen MR) is 65.5 cm³/mol. The zero-order valence-electron chi connectivity index (χ0n) is 10.4. The molecule has 2 nitrogen and oxygen atoms in total. The molecule has 88 valence electrons. The normalized spacial score (nSPS) is 12.1. The lowest BCUT2D eigenvalue weighted by Crippen LogP contribution is -2.13. The van der Waals surface area contributed by atoms with Crippen LogP contribution in [-0.4, -0.2) is 5.78 Å². The number of carbonyl (C=O) groups is 1. The largest absolute Gasteiger partial charge is 0.402 e. The van der Waals surface area contributed by atoms with Crippen molar-refractivity contribution in [1.29, 1.82) is 0 Å². The van der Waals surface area contributed by atoms with Gasteiger partial charge in [0, 0.05) is 11.6 Å². The molecule has 0 rings (SSSR count). The van der Waals surface area contributed by atoms with Gasteiger partial charge in [-0.3, -0.25) is 4.79 Å². The minimum absolute atomic E-state index is 0.198. The van der Waals surface area contributed by atoms with Crippen molar-refractivity contribution >= 4 is 5.78 Å². The molecule has 0 unspecified atom stereocenters. The first-order valence-corrected chi connectivity index (χ1v) is 6.09. The maximum Gasteiger partial charge on any atom is 0.160 e. The Morgan fingerprint density at radius 2 is 1.67 bits per heavy atom. The second kappa shape index (κ2) is 8.51. The molecule has 0 bridgehead atoms. The van der Waals surface area contributed by atoms with Gasteiger partial charge in [-0.1, -0.05) is 39.5 Å². The number of rotatable bonds is 8. The Morgan fingerprint density at radius 1 is 1.20 bits per heavy atom. The van der Waals surface area contributed by atoms with Crippen LogP contribution in [0.15, 0.2) is 11.8 Å². The molecule has 0 atom stereocenters. The highest BCUT2D eigenvalue weighted by Gasteiger charge is 2.14. The topological polar surface area (TPSA) is 43.1 Å². The predicted octanol–water partition coefficient (Wildman–Crippen LogP) is 3.41. The Labute approximate surface area is 93.9 Å². The van der Waals surface area contributed by atoms with Crippen LogP contribution in [0.25, 0.3) is 0 Å². The van der Waals surface area contributed by atoms with Crippen LogP contribution in [0.4, 0.5) is 0 Å². The molecule has 0 radical (unpaired) electrons. The van der Waals surface area contributed by atoms with Crippen LogP contribution in [0.5, 0.6) is 0 Å². The van der Waals surface area contributed by atoms with Crippen LogP contribution >= 0.6 is 0 Å². The monoisotopic (exact) mass is 211 g/mol. The first kappa shape index (κ1) is 14.2. The Morgan fingerprint density at radius 3 is 2.00 bits per heavy atom. The van der Waals surface area contributed by atoms with Gasteiger partial charge in [-0.25, -0.2) is 0 Å². The SMILES string of the molecule is CCCCC(CCCC)C(=O)/C=C(\C)N. The molecule has 2 heteroatoms. The standard InChI is InChI=1S/C13H25NO/c1-4-6-8-12(9-7-5-2)13(15)10-11(3)14/h10,12H,4-9,14H2,1-3H3/b11-10+. The van der Waals surface area contributed by atoms with Gasteiger partial charge in [-0.2, -0.15) is 0 Å². The van der Waals surface area contributed by atoms with E-state index >= 15 is 0 Å². The third kappa shape index (κ3) is 7.18. The van der Waals surface area contributed by atoms with Gasteiger partial charge in [0.15, 0.2) is 5.78 Å². The highest BCUT2D eigenvalue weighted by Crippen LogP contribution is 2.18. The summed E-state index contributed by atoms with van der Waals surface area (Å²) in [6, 6.07) is 0. The molecule has 0 saturated carbocycles. The number of allylic oxidation sites excluding steroid dienone is 2. The van der Waals surface area contributed by atoms with Crippen molar-refractivity contribution in [2.45, 2.75) is 59.3 Å². The highest BCUT2D eigenvalue weighted by atomic mass is 16.1. The summed E-state index contributed by atoms with van der Waals surface area (Å²) in [5.74, 6) is 0.417. The molecule has 0 aromatic heterocycles. The summed E-state index contributed by atoms with van der Waals surface area (Å²) >= 11 is 0. The van der Waals surface area contributed by atoms with E-state index in [9.17, 15) is 4.79 Å². The number of carbonyl (C=O) groups excluding carboxylic acids is 1. The van der Waals surface area contributed by atoms with Crippen LogP contribution in [-0.2, 0) is 4.79 Å². The summed E-state index contributed by atoms with van der Waals surface area (Å²) in [5, 5.41) is 0. The summed E-state index contributed by atoms with van der Waals surface area (Å²) in [7, 11) is 0. The molecule has 15 heavy (non-hydrogen) atoms. The fourth-order valence-electron chi connectivity index (χ4n) is 1.67. The molecule has 2 N–H and O–H groups in total. The molecule has 0 aliphatic rings. The van der Waals surface area contributed by atoms with E-state index in [1.807, 2.05) is 0 Å². The molecule has 0 saturated heterocycles. The van der Waals surface area contributed by atoms with Crippen molar-refractivity contribution in [3.8, 4) is 0 Å². The summed E-state index contributed by atoms with van der Waals surface area (Å²) in [5.41, 5.74) is 6.15. The van der Waals surface area contributed by atoms with Crippen LogP contribution in [0.1, 0.15) is 59.3 Å². The first-order chi connectivity index (χ1) is 7.11. The number of hydrogen-bond donors (Lipinski definition) is 1. The molecular weight excluding hydrogens is 186 g/mol. The van der Waals surface area contributed by atoms with Gasteiger partial charge in [0.1, 0.15) is 0 Å². The van der Waals surface area contributed by atoms with Crippen molar-refractivity contribution in [3.63, 3.8) is 0 Å². The summed E-state index contributed by atoms with van der Waals surface area (Å²) in [6.07, 6.45) is 8.20. The fourth-order valence-corrected chi connectivity index (χ4v) is 1.67. The number of unbranched alkanes of at least 4 members (excludes halogenated alkanes) is 2. The molecule has 0 heterocycles. The molecule has 0 spiro atoms. The number of hydrogen-bond acceptors (Lipinski definition) is 2. The Bertz CT molecular complexity index is 197. The van der Waals surface area contributed by atoms with Crippen LogP contribution < -0.4 is 5.73 Å². The lowest BCUT2D eigenvalue weighted by Gasteiger charge is -2.12. The second-order valence-corrected chi connectivity index (χ2v) is 4.27.